The van der Waals surface area contributed by atoms with Gasteiger partial charge in [0.2, 0.25) is 0 Å². The van der Waals surface area contributed by atoms with Gasteiger partial charge in [0.25, 0.3) is 0 Å². The highest BCUT2D eigenvalue weighted by molar-refractivity contribution is 7.22. The number of carbonyl (C=O) groups excluding carboxylic acids is 1. The van der Waals surface area contributed by atoms with Crippen LogP contribution in [-0.2, 0) is 11.3 Å². The van der Waals surface area contributed by atoms with Crippen molar-refractivity contribution < 1.29 is 14.3 Å². The molecular weight excluding hydrogens is 372 g/mol. The normalized spacial score (nSPS) is 11.0. The van der Waals surface area contributed by atoms with E-state index in [4.69, 9.17) is 9.47 Å². The number of ether oxygens (including phenoxy) is 2. The van der Waals surface area contributed by atoms with Crippen LogP contribution in [0.2, 0.25) is 0 Å². The van der Waals surface area contributed by atoms with E-state index in [-0.39, 0.29) is 6.09 Å². The molecule has 0 aliphatic heterocycles. The highest BCUT2D eigenvalue weighted by Gasteiger charge is 2.21. The molecule has 148 valence electrons. The zero-order valence-corrected chi connectivity index (χ0v) is 17.6. The van der Waals surface area contributed by atoms with Gasteiger partial charge in [0.05, 0.1) is 30.0 Å². The molecular formula is C22H26N2O3S. The number of benzene rings is 2. The van der Waals surface area contributed by atoms with Crippen molar-refractivity contribution in [1.29, 1.82) is 0 Å². The van der Waals surface area contributed by atoms with Crippen LogP contribution in [0.15, 0.2) is 42.5 Å². The van der Waals surface area contributed by atoms with Gasteiger partial charge in [0.1, 0.15) is 5.75 Å². The quantitative estimate of drug-likeness (QED) is 0.491. The second-order valence-corrected chi connectivity index (χ2v) is 7.75. The summed E-state index contributed by atoms with van der Waals surface area (Å²) in [6.07, 6.45) is -0.389. The van der Waals surface area contributed by atoms with Gasteiger partial charge in [-0.15, -0.1) is 0 Å². The van der Waals surface area contributed by atoms with Crippen molar-refractivity contribution in [3.63, 3.8) is 0 Å². The number of nitrogens with zero attached hydrogens (tertiary/aromatic N) is 2. The number of rotatable bonds is 7. The molecule has 0 bridgehead atoms. The van der Waals surface area contributed by atoms with Crippen molar-refractivity contribution in [2.24, 2.45) is 0 Å². The Kier molecular flexibility index (Phi) is 6.52. The number of anilines is 1. The third-order valence-electron chi connectivity index (χ3n) is 4.37. The molecule has 2 aromatic carbocycles. The SMILES string of the molecule is CCOC(=O)N(Cc1ccc(C(C)C)cc1)c1nc2ccc(OCC)cc2s1. The molecule has 0 N–H and O–H groups in total. The molecule has 3 rings (SSSR count). The van der Waals surface area contributed by atoms with E-state index in [1.54, 1.807) is 11.8 Å². The number of aromatic nitrogens is 1. The van der Waals surface area contributed by atoms with Crippen LogP contribution in [-0.4, -0.2) is 24.3 Å². The minimum absolute atomic E-state index is 0.320. The summed E-state index contributed by atoms with van der Waals surface area (Å²) in [5.74, 6) is 1.27. The molecule has 0 saturated carbocycles. The fraction of sp³-hybridized carbons (Fsp3) is 0.364. The topological polar surface area (TPSA) is 51.7 Å². The fourth-order valence-electron chi connectivity index (χ4n) is 2.87. The Morgan fingerprint density at radius 3 is 2.50 bits per heavy atom. The first-order valence-corrected chi connectivity index (χ1v) is 10.4. The van der Waals surface area contributed by atoms with Crippen molar-refractivity contribution >= 4 is 32.8 Å². The van der Waals surface area contributed by atoms with E-state index in [0.717, 1.165) is 21.5 Å². The molecule has 0 radical (unpaired) electrons. The van der Waals surface area contributed by atoms with Gasteiger partial charge < -0.3 is 9.47 Å². The number of thiazole rings is 1. The Morgan fingerprint density at radius 1 is 1.11 bits per heavy atom. The standard InChI is InChI=1S/C22H26N2O3S/c1-5-26-18-11-12-19-20(13-18)28-21(23-19)24(22(25)27-6-2)14-16-7-9-17(10-8-16)15(3)4/h7-13,15H,5-6,14H2,1-4H3. The Morgan fingerprint density at radius 2 is 1.86 bits per heavy atom. The molecule has 28 heavy (non-hydrogen) atoms. The summed E-state index contributed by atoms with van der Waals surface area (Å²) in [4.78, 5) is 18.9. The van der Waals surface area contributed by atoms with Gasteiger partial charge in [0, 0.05) is 0 Å². The lowest BCUT2D eigenvalue weighted by Crippen LogP contribution is -2.31. The molecule has 0 atom stereocenters. The number of carbonyl (C=O) groups is 1. The van der Waals surface area contributed by atoms with Crippen LogP contribution in [0.3, 0.4) is 0 Å². The second kappa shape index (κ2) is 9.06. The third-order valence-corrected chi connectivity index (χ3v) is 5.41. The highest BCUT2D eigenvalue weighted by Crippen LogP contribution is 2.32. The third kappa shape index (κ3) is 4.62. The zero-order chi connectivity index (χ0) is 20.1. The minimum atomic E-state index is -0.389. The summed E-state index contributed by atoms with van der Waals surface area (Å²) in [7, 11) is 0. The van der Waals surface area contributed by atoms with E-state index in [1.807, 2.05) is 25.1 Å². The Balaban J connectivity index is 1.91. The first-order chi connectivity index (χ1) is 13.5. The van der Waals surface area contributed by atoms with E-state index in [1.165, 1.54) is 16.9 Å². The molecule has 0 unspecified atom stereocenters. The van der Waals surface area contributed by atoms with Crippen LogP contribution < -0.4 is 9.64 Å². The summed E-state index contributed by atoms with van der Waals surface area (Å²) in [5, 5.41) is 0.620. The molecule has 0 spiro atoms. The smallest absolute Gasteiger partial charge is 0.416 e. The molecule has 5 nitrogen and oxygen atoms in total. The Hall–Kier alpha value is -2.60. The van der Waals surface area contributed by atoms with E-state index >= 15 is 0 Å². The van der Waals surface area contributed by atoms with Gasteiger partial charge >= 0.3 is 6.09 Å². The average molecular weight is 399 g/mol. The highest BCUT2D eigenvalue weighted by atomic mass is 32.1. The lowest BCUT2D eigenvalue weighted by molar-refractivity contribution is 0.159. The monoisotopic (exact) mass is 398 g/mol. The van der Waals surface area contributed by atoms with Crippen LogP contribution in [0.5, 0.6) is 5.75 Å². The second-order valence-electron chi connectivity index (χ2n) is 6.74. The Labute approximate surface area is 169 Å². The van der Waals surface area contributed by atoms with Gasteiger partial charge in [-0.2, -0.15) is 0 Å². The van der Waals surface area contributed by atoms with E-state index in [0.29, 0.717) is 30.8 Å². The molecule has 6 heteroatoms. The molecule has 1 aromatic heterocycles. The lowest BCUT2D eigenvalue weighted by Gasteiger charge is -2.19. The van der Waals surface area contributed by atoms with Crippen LogP contribution in [0.25, 0.3) is 10.2 Å². The zero-order valence-electron chi connectivity index (χ0n) is 16.8. The molecule has 3 aromatic rings. The van der Waals surface area contributed by atoms with Gasteiger partial charge in [0.15, 0.2) is 5.13 Å². The van der Waals surface area contributed by atoms with Crippen LogP contribution in [0.1, 0.15) is 44.7 Å². The minimum Gasteiger partial charge on any atom is -0.494 e. The largest absolute Gasteiger partial charge is 0.494 e. The van der Waals surface area contributed by atoms with Crippen LogP contribution >= 0.6 is 11.3 Å². The predicted molar refractivity (Wildman–Crippen MR) is 115 cm³/mol. The number of amides is 1. The average Bonchev–Trinajstić information content (AvgIpc) is 3.09. The molecule has 0 saturated heterocycles. The maximum atomic E-state index is 12.6. The molecule has 0 aliphatic rings. The van der Waals surface area contributed by atoms with Crippen LogP contribution in [0, 0.1) is 0 Å². The predicted octanol–water partition coefficient (Wildman–Crippen LogP) is 5.98. The van der Waals surface area contributed by atoms with Gasteiger partial charge in [-0.3, -0.25) is 0 Å². The lowest BCUT2D eigenvalue weighted by atomic mass is 10.0. The van der Waals surface area contributed by atoms with Crippen LogP contribution in [0.4, 0.5) is 9.93 Å². The van der Waals surface area contributed by atoms with Crippen molar-refractivity contribution in [2.75, 3.05) is 18.1 Å². The molecule has 1 heterocycles. The maximum Gasteiger partial charge on any atom is 0.416 e. The van der Waals surface area contributed by atoms with Gasteiger partial charge in [-0.05, 0) is 49.1 Å². The van der Waals surface area contributed by atoms with Gasteiger partial charge in [-0.1, -0.05) is 49.4 Å². The van der Waals surface area contributed by atoms with E-state index in [2.05, 4.69) is 43.1 Å². The van der Waals surface area contributed by atoms with Crippen molar-refractivity contribution in [1.82, 2.24) is 4.98 Å². The van der Waals surface area contributed by atoms with E-state index in [9.17, 15) is 4.79 Å². The maximum absolute atomic E-state index is 12.6. The summed E-state index contributed by atoms with van der Waals surface area (Å²) >= 11 is 1.46. The van der Waals surface area contributed by atoms with Crippen molar-refractivity contribution in [3.8, 4) is 5.75 Å². The van der Waals surface area contributed by atoms with Crippen molar-refractivity contribution in [3.05, 3.63) is 53.6 Å². The first kappa shape index (κ1) is 20.1. The van der Waals surface area contributed by atoms with E-state index < -0.39 is 0 Å². The van der Waals surface area contributed by atoms with Crippen molar-refractivity contribution in [2.45, 2.75) is 40.2 Å². The summed E-state index contributed by atoms with van der Waals surface area (Å²) < 4.78 is 11.8. The molecule has 0 aliphatic carbocycles. The number of fused-ring (bicyclic) bond motifs is 1. The molecule has 1 amide bonds. The number of hydrogen-bond acceptors (Lipinski definition) is 5. The first-order valence-electron chi connectivity index (χ1n) is 9.58. The number of hydrogen-bond donors (Lipinski definition) is 0. The fourth-order valence-corrected chi connectivity index (χ4v) is 3.85. The summed E-state index contributed by atoms with van der Waals surface area (Å²) in [5.41, 5.74) is 3.15. The summed E-state index contributed by atoms with van der Waals surface area (Å²) in [6.45, 7) is 9.43. The Bertz CT molecular complexity index is 935. The molecule has 0 fully saturated rings. The van der Waals surface area contributed by atoms with Gasteiger partial charge in [-0.25, -0.2) is 14.7 Å². The summed E-state index contributed by atoms with van der Waals surface area (Å²) in [6, 6.07) is 14.1.